The third-order valence-corrected chi connectivity index (χ3v) is 4.69. The Morgan fingerprint density at radius 1 is 1.00 bits per heavy atom. The molecular formula is C22H13FN2O2. The largest absolute Gasteiger partial charge is 0.464 e. The topological polar surface area (TPSA) is 48.0 Å². The summed E-state index contributed by atoms with van der Waals surface area (Å²) in [6.45, 7) is 0. The van der Waals surface area contributed by atoms with E-state index in [0.717, 1.165) is 27.5 Å². The predicted octanol–water partition coefficient (Wildman–Crippen LogP) is 5.28. The summed E-state index contributed by atoms with van der Waals surface area (Å²) in [6.07, 6.45) is 6.83. The van der Waals surface area contributed by atoms with E-state index in [1.54, 1.807) is 24.9 Å². The van der Waals surface area contributed by atoms with Gasteiger partial charge < -0.3 is 4.42 Å². The lowest BCUT2D eigenvalue weighted by molar-refractivity contribution is 0.0965. The molecule has 0 saturated heterocycles. The highest BCUT2D eigenvalue weighted by Gasteiger charge is 2.15. The second kappa shape index (κ2) is 5.92. The SMILES string of the molecule is O=C(c1ccc(F)cc1)n1ccc2c(-c3ccc4occc4c3)cncc21. The van der Waals surface area contributed by atoms with Gasteiger partial charge in [0.05, 0.1) is 18.0 Å². The molecule has 3 aromatic heterocycles. The van der Waals surface area contributed by atoms with Crippen LogP contribution in [0.15, 0.2) is 83.9 Å². The molecule has 0 aliphatic rings. The van der Waals surface area contributed by atoms with Crippen molar-refractivity contribution in [1.82, 2.24) is 9.55 Å². The van der Waals surface area contributed by atoms with Gasteiger partial charge in [-0.2, -0.15) is 0 Å². The summed E-state index contributed by atoms with van der Waals surface area (Å²) < 4.78 is 20.1. The number of pyridine rings is 1. The van der Waals surface area contributed by atoms with Crippen molar-refractivity contribution in [3.8, 4) is 11.1 Å². The lowest BCUT2D eigenvalue weighted by Crippen LogP contribution is -2.10. The van der Waals surface area contributed by atoms with Crippen LogP contribution in [0.5, 0.6) is 0 Å². The van der Waals surface area contributed by atoms with E-state index >= 15 is 0 Å². The summed E-state index contributed by atoms with van der Waals surface area (Å²) in [5, 5.41) is 1.93. The van der Waals surface area contributed by atoms with Gasteiger partial charge in [0, 0.05) is 34.3 Å². The molecule has 0 atom stereocenters. The van der Waals surface area contributed by atoms with Gasteiger partial charge >= 0.3 is 0 Å². The zero-order chi connectivity index (χ0) is 18.4. The zero-order valence-corrected chi connectivity index (χ0v) is 14.1. The molecular weight excluding hydrogens is 343 g/mol. The molecule has 0 spiro atoms. The summed E-state index contributed by atoms with van der Waals surface area (Å²) in [4.78, 5) is 17.1. The van der Waals surface area contributed by atoms with E-state index in [2.05, 4.69) is 4.98 Å². The van der Waals surface area contributed by atoms with Crippen molar-refractivity contribution in [2.24, 2.45) is 0 Å². The smallest absolute Gasteiger partial charge is 0.262 e. The lowest BCUT2D eigenvalue weighted by Gasteiger charge is -2.07. The lowest BCUT2D eigenvalue weighted by atomic mass is 10.0. The highest BCUT2D eigenvalue weighted by atomic mass is 19.1. The van der Waals surface area contributed by atoms with Crippen molar-refractivity contribution in [2.75, 3.05) is 0 Å². The van der Waals surface area contributed by atoms with Crippen molar-refractivity contribution >= 4 is 27.8 Å². The van der Waals surface area contributed by atoms with E-state index < -0.39 is 0 Å². The third-order valence-electron chi connectivity index (χ3n) is 4.69. The minimum absolute atomic E-state index is 0.228. The number of nitrogens with zero attached hydrogens (tertiary/aromatic N) is 2. The molecule has 5 aromatic rings. The highest BCUT2D eigenvalue weighted by Crippen LogP contribution is 2.31. The maximum absolute atomic E-state index is 13.1. The van der Waals surface area contributed by atoms with E-state index in [4.69, 9.17) is 4.42 Å². The first-order valence-electron chi connectivity index (χ1n) is 8.44. The van der Waals surface area contributed by atoms with Crippen LogP contribution in [0.1, 0.15) is 10.4 Å². The summed E-state index contributed by atoms with van der Waals surface area (Å²) in [5.41, 5.74) is 3.87. The summed E-state index contributed by atoms with van der Waals surface area (Å²) in [5.74, 6) is -0.600. The maximum Gasteiger partial charge on any atom is 0.262 e. The molecule has 130 valence electrons. The number of fused-ring (bicyclic) bond motifs is 2. The molecule has 4 nitrogen and oxygen atoms in total. The Balaban J connectivity index is 1.64. The Morgan fingerprint density at radius 2 is 1.85 bits per heavy atom. The van der Waals surface area contributed by atoms with Crippen LogP contribution in [-0.4, -0.2) is 15.5 Å². The van der Waals surface area contributed by atoms with Gasteiger partial charge in [-0.1, -0.05) is 6.07 Å². The predicted molar refractivity (Wildman–Crippen MR) is 101 cm³/mol. The minimum Gasteiger partial charge on any atom is -0.464 e. The van der Waals surface area contributed by atoms with Crippen LogP contribution in [0.3, 0.4) is 0 Å². The minimum atomic E-state index is -0.373. The highest BCUT2D eigenvalue weighted by molar-refractivity contribution is 6.05. The van der Waals surface area contributed by atoms with Crippen molar-refractivity contribution in [3.05, 3.63) is 90.8 Å². The molecule has 5 rings (SSSR count). The van der Waals surface area contributed by atoms with Gasteiger partial charge in [-0.25, -0.2) is 4.39 Å². The fourth-order valence-corrected chi connectivity index (χ4v) is 3.33. The molecule has 27 heavy (non-hydrogen) atoms. The molecule has 0 bridgehead atoms. The van der Waals surface area contributed by atoms with Crippen LogP contribution < -0.4 is 0 Å². The first-order chi connectivity index (χ1) is 13.2. The number of carbonyl (C=O) groups is 1. The average molecular weight is 356 g/mol. The molecule has 0 radical (unpaired) electrons. The Labute approximate surface area is 153 Å². The first-order valence-corrected chi connectivity index (χ1v) is 8.44. The monoisotopic (exact) mass is 356 g/mol. The molecule has 0 unspecified atom stereocenters. The van der Waals surface area contributed by atoms with E-state index in [0.29, 0.717) is 11.1 Å². The van der Waals surface area contributed by atoms with Gasteiger partial charge in [0.2, 0.25) is 0 Å². The van der Waals surface area contributed by atoms with E-state index in [-0.39, 0.29) is 11.7 Å². The van der Waals surface area contributed by atoms with Crippen molar-refractivity contribution in [2.45, 2.75) is 0 Å². The number of carbonyl (C=O) groups excluding carboxylic acids is 1. The molecule has 0 aliphatic heterocycles. The van der Waals surface area contributed by atoms with Gasteiger partial charge in [-0.15, -0.1) is 0 Å². The van der Waals surface area contributed by atoms with Crippen LogP contribution in [-0.2, 0) is 0 Å². The number of rotatable bonds is 2. The summed E-state index contributed by atoms with van der Waals surface area (Å²) in [7, 11) is 0. The molecule has 0 fully saturated rings. The second-order valence-corrected chi connectivity index (χ2v) is 6.29. The van der Waals surface area contributed by atoms with E-state index in [9.17, 15) is 9.18 Å². The first kappa shape index (κ1) is 15.5. The Hall–Kier alpha value is -3.73. The van der Waals surface area contributed by atoms with Crippen molar-refractivity contribution in [1.29, 1.82) is 0 Å². The Kier molecular flexibility index (Phi) is 3.40. The van der Waals surface area contributed by atoms with Gasteiger partial charge in [0.15, 0.2) is 0 Å². The van der Waals surface area contributed by atoms with Gasteiger partial charge in [-0.3, -0.25) is 14.3 Å². The quantitative estimate of drug-likeness (QED) is 0.432. The van der Waals surface area contributed by atoms with E-state index in [1.807, 2.05) is 30.3 Å². The van der Waals surface area contributed by atoms with E-state index in [1.165, 1.54) is 28.8 Å². The van der Waals surface area contributed by atoms with Crippen LogP contribution in [0, 0.1) is 5.82 Å². The Morgan fingerprint density at radius 3 is 2.70 bits per heavy atom. The fourth-order valence-electron chi connectivity index (χ4n) is 3.33. The van der Waals surface area contributed by atoms with Gasteiger partial charge in [0.1, 0.15) is 11.4 Å². The van der Waals surface area contributed by atoms with Crippen LogP contribution >= 0.6 is 0 Å². The summed E-state index contributed by atoms with van der Waals surface area (Å²) in [6, 6.07) is 15.3. The molecule has 0 aliphatic carbocycles. The molecule has 3 heterocycles. The second-order valence-electron chi connectivity index (χ2n) is 6.29. The van der Waals surface area contributed by atoms with Gasteiger partial charge in [0.25, 0.3) is 5.91 Å². The average Bonchev–Trinajstić information content (AvgIpc) is 3.34. The molecule has 0 saturated carbocycles. The number of hydrogen-bond donors (Lipinski definition) is 0. The van der Waals surface area contributed by atoms with Crippen LogP contribution in [0.25, 0.3) is 33.0 Å². The normalized spacial score (nSPS) is 11.3. The fraction of sp³-hybridized carbons (Fsp3) is 0. The number of aromatic nitrogens is 2. The Bertz CT molecular complexity index is 1300. The number of furan rings is 1. The number of hydrogen-bond acceptors (Lipinski definition) is 3. The standard InChI is InChI=1S/C22H13FN2O2/c23-17-4-1-14(2-5-17)22(26)25-9-7-18-19(12-24-13-20(18)25)15-3-6-21-16(11-15)8-10-27-21/h1-13H. The van der Waals surface area contributed by atoms with Crippen molar-refractivity contribution in [3.63, 3.8) is 0 Å². The maximum atomic E-state index is 13.1. The molecule has 5 heteroatoms. The van der Waals surface area contributed by atoms with Gasteiger partial charge in [-0.05, 0) is 54.1 Å². The third kappa shape index (κ3) is 2.52. The zero-order valence-electron chi connectivity index (χ0n) is 14.1. The molecule has 0 amide bonds. The molecule has 0 N–H and O–H groups in total. The summed E-state index contributed by atoms with van der Waals surface area (Å²) >= 11 is 0. The molecule has 2 aromatic carbocycles. The van der Waals surface area contributed by atoms with Crippen LogP contribution in [0.2, 0.25) is 0 Å². The number of benzene rings is 2. The number of halogens is 1. The van der Waals surface area contributed by atoms with Crippen LogP contribution in [0.4, 0.5) is 4.39 Å². The van der Waals surface area contributed by atoms with Crippen molar-refractivity contribution < 1.29 is 13.6 Å².